The highest BCUT2D eigenvalue weighted by Crippen LogP contribution is 2.28. The summed E-state index contributed by atoms with van der Waals surface area (Å²) in [6, 6.07) is 8.97. The number of carbonyl (C=O) groups excluding carboxylic acids is 2. The highest BCUT2D eigenvalue weighted by Gasteiger charge is 2.14. The van der Waals surface area contributed by atoms with Gasteiger partial charge >= 0.3 is 0 Å². The van der Waals surface area contributed by atoms with Crippen molar-refractivity contribution >= 4 is 50.8 Å². The number of thiophene rings is 1. The fourth-order valence-electron chi connectivity index (χ4n) is 2.62. The Kier molecular flexibility index (Phi) is 6.41. The van der Waals surface area contributed by atoms with Gasteiger partial charge in [-0.1, -0.05) is 17.8 Å². The van der Waals surface area contributed by atoms with Crippen LogP contribution in [0.2, 0.25) is 0 Å². The van der Waals surface area contributed by atoms with E-state index in [0.29, 0.717) is 24.3 Å². The summed E-state index contributed by atoms with van der Waals surface area (Å²) in [6.07, 6.45) is 1.51. The van der Waals surface area contributed by atoms with E-state index in [1.807, 2.05) is 25.3 Å². The molecule has 27 heavy (non-hydrogen) atoms. The second-order valence-corrected chi connectivity index (χ2v) is 7.59. The average molecular weight is 401 g/mol. The number of rotatable bonds is 7. The van der Waals surface area contributed by atoms with Crippen LogP contribution in [0.3, 0.4) is 0 Å². The number of aromatic nitrogens is 2. The van der Waals surface area contributed by atoms with Gasteiger partial charge in [0.2, 0.25) is 5.91 Å². The number of amides is 2. The number of nitrogens with one attached hydrogen (secondary N) is 1. The van der Waals surface area contributed by atoms with Gasteiger partial charge in [-0.05, 0) is 43.5 Å². The van der Waals surface area contributed by atoms with Crippen molar-refractivity contribution in [3.05, 3.63) is 47.6 Å². The van der Waals surface area contributed by atoms with Gasteiger partial charge < -0.3 is 10.2 Å². The molecule has 0 saturated heterocycles. The number of hydrogen-bond acceptors (Lipinski definition) is 6. The fraction of sp³-hybridized carbons (Fsp3) is 0.263. The number of thioether (sulfide) groups is 1. The zero-order valence-electron chi connectivity index (χ0n) is 15.1. The second kappa shape index (κ2) is 8.96. The van der Waals surface area contributed by atoms with Crippen LogP contribution in [0.4, 0.5) is 5.69 Å². The Labute approximate surface area is 166 Å². The number of fused-ring (bicyclic) bond motifs is 1. The lowest BCUT2D eigenvalue weighted by Gasteiger charge is -2.19. The summed E-state index contributed by atoms with van der Waals surface area (Å²) < 4.78 is 0.988. The maximum absolute atomic E-state index is 12.5. The topological polar surface area (TPSA) is 75.2 Å². The molecule has 0 fully saturated rings. The van der Waals surface area contributed by atoms with Gasteiger partial charge in [-0.15, -0.1) is 11.3 Å². The Morgan fingerprint density at radius 3 is 2.78 bits per heavy atom. The summed E-state index contributed by atoms with van der Waals surface area (Å²) in [5, 5.41) is 5.62. The van der Waals surface area contributed by atoms with Gasteiger partial charge in [0.15, 0.2) is 0 Å². The average Bonchev–Trinajstić information content (AvgIpc) is 3.17. The number of carbonyl (C=O) groups is 2. The molecule has 2 aromatic heterocycles. The summed E-state index contributed by atoms with van der Waals surface area (Å²) in [5.74, 6) is 0.0559. The van der Waals surface area contributed by atoms with Crippen LogP contribution in [0.25, 0.3) is 10.2 Å². The predicted molar refractivity (Wildman–Crippen MR) is 110 cm³/mol. The third-order valence-electron chi connectivity index (χ3n) is 3.99. The van der Waals surface area contributed by atoms with E-state index in [-0.39, 0.29) is 17.6 Å². The minimum atomic E-state index is -0.143. The van der Waals surface area contributed by atoms with Crippen molar-refractivity contribution in [3.8, 4) is 0 Å². The van der Waals surface area contributed by atoms with Gasteiger partial charge in [-0.2, -0.15) is 0 Å². The van der Waals surface area contributed by atoms with Gasteiger partial charge in [-0.25, -0.2) is 9.97 Å². The van der Waals surface area contributed by atoms with Crippen molar-refractivity contribution in [3.63, 3.8) is 0 Å². The van der Waals surface area contributed by atoms with Gasteiger partial charge in [0.25, 0.3) is 5.91 Å². The van der Waals surface area contributed by atoms with E-state index in [0.717, 1.165) is 15.2 Å². The molecule has 0 atom stereocenters. The molecule has 0 radical (unpaired) electrons. The van der Waals surface area contributed by atoms with Gasteiger partial charge in [0, 0.05) is 24.3 Å². The van der Waals surface area contributed by atoms with Crippen molar-refractivity contribution in [1.29, 1.82) is 0 Å². The molecule has 0 saturated carbocycles. The zero-order valence-corrected chi connectivity index (χ0v) is 16.8. The Morgan fingerprint density at radius 1 is 1.19 bits per heavy atom. The predicted octanol–water partition coefficient (Wildman–Crippen LogP) is 3.90. The molecule has 0 aliphatic heterocycles. The zero-order chi connectivity index (χ0) is 19.2. The summed E-state index contributed by atoms with van der Waals surface area (Å²) in [5.41, 5.74) is 2.07. The lowest BCUT2D eigenvalue weighted by atomic mass is 10.1. The van der Waals surface area contributed by atoms with Crippen LogP contribution in [0, 0.1) is 0 Å². The first-order valence-electron chi connectivity index (χ1n) is 8.62. The lowest BCUT2D eigenvalue weighted by Crippen LogP contribution is -2.30. The third-order valence-corrected chi connectivity index (χ3v) is 6.02. The van der Waals surface area contributed by atoms with Crippen LogP contribution in [-0.4, -0.2) is 45.5 Å². The summed E-state index contributed by atoms with van der Waals surface area (Å²) >= 11 is 2.94. The monoisotopic (exact) mass is 400 g/mol. The fourth-order valence-corrected chi connectivity index (χ4v) is 4.37. The standard InChI is InChI=1S/C19H20N4O2S2/c1-3-23(4-2)19(25)13-6-5-7-14(10-13)22-16(24)11-27-18-17-15(8-9-26-17)20-12-21-18/h5-10,12H,3-4,11H2,1-2H3,(H,22,24). The molecule has 3 rings (SSSR count). The van der Waals surface area contributed by atoms with E-state index in [1.165, 1.54) is 18.1 Å². The van der Waals surface area contributed by atoms with E-state index >= 15 is 0 Å². The first-order chi connectivity index (χ1) is 13.1. The summed E-state index contributed by atoms with van der Waals surface area (Å²) in [4.78, 5) is 35.0. The first kappa shape index (κ1) is 19.3. The van der Waals surface area contributed by atoms with Crippen LogP contribution in [0.1, 0.15) is 24.2 Å². The largest absolute Gasteiger partial charge is 0.339 e. The molecule has 0 aliphatic carbocycles. The van der Waals surface area contributed by atoms with E-state index in [9.17, 15) is 9.59 Å². The van der Waals surface area contributed by atoms with E-state index in [1.54, 1.807) is 40.5 Å². The van der Waals surface area contributed by atoms with Crippen molar-refractivity contribution in [1.82, 2.24) is 14.9 Å². The maximum Gasteiger partial charge on any atom is 0.253 e. The minimum absolute atomic E-state index is 0.0356. The number of hydrogen-bond donors (Lipinski definition) is 1. The van der Waals surface area contributed by atoms with Crippen molar-refractivity contribution < 1.29 is 9.59 Å². The van der Waals surface area contributed by atoms with E-state index < -0.39 is 0 Å². The maximum atomic E-state index is 12.5. The lowest BCUT2D eigenvalue weighted by molar-refractivity contribution is -0.113. The van der Waals surface area contributed by atoms with E-state index in [2.05, 4.69) is 15.3 Å². The van der Waals surface area contributed by atoms with Crippen LogP contribution >= 0.6 is 23.1 Å². The molecule has 0 unspecified atom stereocenters. The van der Waals surface area contributed by atoms with Crippen LogP contribution < -0.4 is 5.32 Å². The van der Waals surface area contributed by atoms with Crippen molar-refractivity contribution in [2.75, 3.05) is 24.2 Å². The van der Waals surface area contributed by atoms with Gasteiger partial charge in [0.1, 0.15) is 11.4 Å². The molecule has 3 aromatic rings. The summed E-state index contributed by atoms with van der Waals surface area (Å²) in [7, 11) is 0. The molecular formula is C19H20N4O2S2. The molecule has 8 heteroatoms. The number of nitrogens with zero attached hydrogens (tertiary/aromatic N) is 3. The SMILES string of the molecule is CCN(CC)C(=O)c1cccc(NC(=O)CSc2ncnc3ccsc23)c1. The molecule has 0 spiro atoms. The van der Waals surface area contributed by atoms with Gasteiger partial charge in [-0.3, -0.25) is 9.59 Å². The molecule has 1 N–H and O–H groups in total. The highest BCUT2D eigenvalue weighted by molar-refractivity contribution is 8.00. The van der Waals surface area contributed by atoms with Crippen molar-refractivity contribution in [2.45, 2.75) is 18.9 Å². The Balaban J connectivity index is 1.63. The Hall–Kier alpha value is -2.45. The minimum Gasteiger partial charge on any atom is -0.339 e. The first-order valence-corrected chi connectivity index (χ1v) is 10.5. The van der Waals surface area contributed by atoms with E-state index in [4.69, 9.17) is 0 Å². The smallest absolute Gasteiger partial charge is 0.253 e. The molecule has 2 heterocycles. The number of benzene rings is 1. The molecule has 0 aliphatic rings. The summed E-state index contributed by atoms with van der Waals surface area (Å²) in [6.45, 7) is 5.20. The second-order valence-electron chi connectivity index (χ2n) is 5.71. The van der Waals surface area contributed by atoms with Crippen molar-refractivity contribution in [2.24, 2.45) is 0 Å². The Bertz CT molecular complexity index is 954. The molecule has 2 amide bonds. The molecule has 140 valence electrons. The van der Waals surface area contributed by atoms with Crippen LogP contribution in [-0.2, 0) is 4.79 Å². The highest BCUT2D eigenvalue weighted by atomic mass is 32.2. The van der Waals surface area contributed by atoms with Gasteiger partial charge in [0.05, 0.1) is 16.0 Å². The molecular weight excluding hydrogens is 380 g/mol. The quantitative estimate of drug-likeness (QED) is 0.481. The van der Waals surface area contributed by atoms with Crippen LogP contribution in [0.5, 0.6) is 0 Å². The molecule has 6 nitrogen and oxygen atoms in total. The normalized spacial score (nSPS) is 10.7. The molecule has 0 bridgehead atoms. The molecule has 1 aromatic carbocycles. The third kappa shape index (κ3) is 4.64. The van der Waals surface area contributed by atoms with Crippen LogP contribution in [0.15, 0.2) is 47.1 Å². The Morgan fingerprint density at radius 2 is 2.00 bits per heavy atom. The number of anilines is 1.